The van der Waals surface area contributed by atoms with Gasteiger partial charge in [-0.25, -0.2) is 0 Å². The van der Waals surface area contributed by atoms with E-state index in [1.54, 1.807) is 6.21 Å². The van der Waals surface area contributed by atoms with Gasteiger partial charge < -0.3 is 5.21 Å². The van der Waals surface area contributed by atoms with Crippen LogP contribution < -0.4 is 0 Å². The van der Waals surface area contributed by atoms with Crippen LogP contribution in [0, 0.1) is 35.0 Å². The molecule has 3 rings (SSSR count). The summed E-state index contributed by atoms with van der Waals surface area (Å²) in [6.45, 7) is 4.89. The molecule has 2 bridgehead atoms. The molecule has 2 nitrogen and oxygen atoms in total. The van der Waals surface area contributed by atoms with E-state index in [0.717, 1.165) is 36.0 Å². The fraction of sp³-hybridized carbons (Fsp3) is 0.929. The molecule has 0 aromatic rings. The Morgan fingerprint density at radius 3 is 2.94 bits per heavy atom. The predicted octanol–water partition coefficient (Wildman–Crippen LogP) is 3.54. The number of oxime groups is 1. The van der Waals surface area contributed by atoms with E-state index in [-0.39, 0.29) is 0 Å². The Kier molecular flexibility index (Phi) is 2.31. The minimum atomic E-state index is 0.679. The zero-order valence-electron chi connectivity index (χ0n) is 10.4. The largest absolute Gasteiger partial charge is 0.411 e. The molecule has 4 unspecified atom stereocenters. The SMILES string of the molecule is CC1C(CC=NO)C2C[C@@H]3CC[C@]2(C3)C1C. The van der Waals surface area contributed by atoms with Crippen molar-refractivity contribution in [2.75, 3.05) is 0 Å². The normalized spacial score (nSPS) is 55.0. The van der Waals surface area contributed by atoms with Gasteiger partial charge in [-0.3, -0.25) is 0 Å². The summed E-state index contributed by atoms with van der Waals surface area (Å²) in [5.74, 6) is 4.41. The molecular formula is C14H23NO. The maximum atomic E-state index is 8.62. The maximum Gasteiger partial charge on any atom is 0.0438 e. The molecule has 0 heterocycles. The highest BCUT2D eigenvalue weighted by molar-refractivity contribution is 5.56. The van der Waals surface area contributed by atoms with E-state index in [1.165, 1.54) is 25.7 Å². The van der Waals surface area contributed by atoms with Crippen molar-refractivity contribution in [3.05, 3.63) is 0 Å². The summed E-state index contributed by atoms with van der Waals surface area (Å²) in [7, 11) is 0. The van der Waals surface area contributed by atoms with Crippen molar-refractivity contribution in [2.24, 2.45) is 40.2 Å². The molecule has 6 atom stereocenters. The van der Waals surface area contributed by atoms with Crippen molar-refractivity contribution in [3.8, 4) is 0 Å². The van der Waals surface area contributed by atoms with Gasteiger partial charge in [0.25, 0.3) is 0 Å². The van der Waals surface area contributed by atoms with E-state index in [2.05, 4.69) is 19.0 Å². The third kappa shape index (κ3) is 1.16. The van der Waals surface area contributed by atoms with Gasteiger partial charge in [0.2, 0.25) is 0 Å². The molecule has 0 saturated heterocycles. The second-order valence-electron chi connectivity index (χ2n) is 6.53. The highest BCUT2D eigenvalue weighted by Gasteiger charge is 2.62. The van der Waals surface area contributed by atoms with E-state index in [1.807, 2.05) is 0 Å². The van der Waals surface area contributed by atoms with Crippen LogP contribution in [-0.2, 0) is 0 Å². The number of nitrogens with zero attached hydrogens (tertiary/aromatic N) is 1. The molecule has 1 spiro atoms. The Morgan fingerprint density at radius 1 is 1.44 bits per heavy atom. The quantitative estimate of drug-likeness (QED) is 0.432. The molecule has 3 fully saturated rings. The Bertz CT molecular complexity index is 314. The Morgan fingerprint density at radius 2 is 2.25 bits per heavy atom. The van der Waals surface area contributed by atoms with E-state index in [9.17, 15) is 0 Å². The van der Waals surface area contributed by atoms with Crippen molar-refractivity contribution < 1.29 is 5.21 Å². The number of hydrogen-bond acceptors (Lipinski definition) is 2. The zero-order valence-corrected chi connectivity index (χ0v) is 10.4. The van der Waals surface area contributed by atoms with Gasteiger partial charge in [-0.05, 0) is 67.1 Å². The first-order valence-corrected chi connectivity index (χ1v) is 6.85. The van der Waals surface area contributed by atoms with Gasteiger partial charge in [0, 0.05) is 6.21 Å². The van der Waals surface area contributed by atoms with Gasteiger partial charge in [-0.2, -0.15) is 0 Å². The minimum absolute atomic E-state index is 0.679. The number of rotatable bonds is 2. The van der Waals surface area contributed by atoms with Gasteiger partial charge in [0.05, 0.1) is 0 Å². The van der Waals surface area contributed by atoms with E-state index < -0.39 is 0 Å². The summed E-state index contributed by atoms with van der Waals surface area (Å²) in [6.07, 6.45) is 8.61. The second-order valence-corrected chi connectivity index (χ2v) is 6.53. The van der Waals surface area contributed by atoms with Crippen molar-refractivity contribution in [1.82, 2.24) is 0 Å². The lowest BCUT2D eigenvalue weighted by Crippen LogP contribution is -2.27. The second kappa shape index (κ2) is 3.48. The molecule has 3 saturated carbocycles. The average Bonchev–Trinajstić information content (AvgIpc) is 2.91. The third-order valence-corrected chi connectivity index (χ3v) is 6.36. The van der Waals surface area contributed by atoms with Gasteiger partial charge in [0.15, 0.2) is 0 Å². The fourth-order valence-corrected chi connectivity index (χ4v) is 5.51. The van der Waals surface area contributed by atoms with Crippen LogP contribution in [0.15, 0.2) is 5.16 Å². The number of fused-ring (bicyclic) bond motifs is 1. The Hall–Kier alpha value is -0.530. The van der Waals surface area contributed by atoms with Crippen LogP contribution >= 0.6 is 0 Å². The Labute approximate surface area is 98.1 Å². The summed E-state index contributed by atoms with van der Waals surface area (Å²) < 4.78 is 0. The van der Waals surface area contributed by atoms with Gasteiger partial charge in [0.1, 0.15) is 0 Å². The van der Waals surface area contributed by atoms with Gasteiger partial charge >= 0.3 is 0 Å². The average molecular weight is 221 g/mol. The standard InChI is InChI=1S/C14H23NO/c1-9-10(2)14-5-3-11(8-14)7-13(14)12(9)4-6-15-16/h6,9-13,16H,3-5,7-8H2,1-2H3/t9?,10?,11-,12?,13?,14-/m0/s1. The van der Waals surface area contributed by atoms with E-state index in [4.69, 9.17) is 5.21 Å². The Balaban J connectivity index is 1.87. The highest BCUT2D eigenvalue weighted by Crippen LogP contribution is 2.70. The highest BCUT2D eigenvalue weighted by atomic mass is 16.4. The molecule has 0 aliphatic heterocycles. The van der Waals surface area contributed by atoms with E-state index in [0.29, 0.717) is 5.41 Å². The molecule has 16 heavy (non-hydrogen) atoms. The van der Waals surface area contributed by atoms with Gasteiger partial charge in [-0.15, -0.1) is 5.16 Å². The maximum absolute atomic E-state index is 8.62. The summed E-state index contributed by atoms with van der Waals surface area (Å²) in [6, 6.07) is 0. The van der Waals surface area contributed by atoms with Crippen LogP contribution in [0.2, 0.25) is 0 Å². The minimum Gasteiger partial charge on any atom is -0.411 e. The molecular weight excluding hydrogens is 198 g/mol. The zero-order chi connectivity index (χ0) is 11.3. The molecule has 0 radical (unpaired) electrons. The monoisotopic (exact) mass is 221 g/mol. The third-order valence-electron chi connectivity index (χ3n) is 6.36. The molecule has 0 aromatic heterocycles. The van der Waals surface area contributed by atoms with Crippen LogP contribution in [0.25, 0.3) is 0 Å². The van der Waals surface area contributed by atoms with E-state index >= 15 is 0 Å². The first-order chi connectivity index (χ1) is 7.69. The molecule has 0 amide bonds. The lowest BCUT2D eigenvalue weighted by Gasteiger charge is -2.34. The summed E-state index contributed by atoms with van der Waals surface area (Å²) in [5, 5.41) is 11.8. The molecule has 3 aliphatic rings. The predicted molar refractivity (Wildman–Crippen MR) is 64.6 cm³/mol. The summed E-state index contributed by atoms with van der Waals surface area (Å²) in [4.78, 5) is 0. The molecule has 1 N–H and O–H groups in total. The molecule has 2 heteroatoms. The fourth-order valence-electron chi connectivity index (χ4n) is 5.51. The smallest absolute Gasteiger partial charge is 0.0438 e. The number of hydrogen-bond donors (Lipinski definition) is 1. The van der Waals surface area contributed by atoms with Crippen LogP contribution in [0.3, 0.4) is 0 Å². The summed E-state index contributed by atoms with van der Waals surface area (Å²) >= 11 is 0. The molecule has 90 valence electrons. The van der Waals surface area contributed by atoms with Crippen LogP contribution in [-0.4, -0.2) is 11.4 Å². The van der Waals surface area contributed by atoms with Crippen LogP contribution in [0.1, 0.15) is 46.0 Å². The topological polar surface area (TPSA) is 32.6 Å². The molecule has 3 aliphatic carbocycles. The van der Waals surface area contributed by atoms with Crippen molar-refractivity contribution in [3.63, 3.8) is 0 Å². The van der Waals surface area contributed by atoms with Crippen LogP contribution in [0.4, 0.5) is 0 Å². The molecule has 0 aromatic carbocycles. The lowest BCUT2D eigenvalue weighted by molar-refractivity contribution is 0.152. The first-order valence-electron chi connectivity index (χ1n) is 6.85. The lowest BCUT2D eigenvalue weighted by atomic mass is 9.71. The van der Waals surface area contributed by atoms with Gasteiger partial charge in [-0.1, -0.05) is 13.8 Å². The van der Waals surface area contributed by atoms with Crippen molar-refractivity contribution in [2.45, 2.75) is 46.0 Å². The van der Waals surface area contributed by atoms with Crippen molar-refractivity contribution >= 4 is 6.21 Å². The summed E-state index contributed by atoms with van der Waals surface area (Å²) in [5.41, 5.74) is 0.679. The van der Waals surface area contributed by atoms with Crippen LogP contribution in [0.5, 0.6) is 0 Å². The van der Waals surface area contributed by atoms with Crippen molar-refractivity contribution in [1.29, 1.82) is 0 Å². The first kappa shape index (κ1) is 10.6.